The highest BCUT2D eigenvalue weighted by molar-refractivity contribution is 5.94. The SMILES string of the molecule is CCN(CC)C(=O)c1ccc(CN=C(N)N2CCN(C(=O)OC(C)(C)C)CC2)cc1. The van der Waals surface area contributed by atoms with E-state index in [4.69, 9.17) is 10.5 Å². The van der Waals surface area contributed by atoms with Gasteiger partial charge in [-0.1, -0.05) is 12.1 Å². The van der Waals surface area contributed by atoms with Crippen molar-refractivity contribution in [1.82, 2.24) is 14.7 Å². The van der Waals surface area contributed by atoms with Crippen LogP contribution in [0.1, 0.15) is 50.5 Å². The molecule has 1 heterocycles. The summed E-state index contributed by atoms with van der Waals surface area (Å²) in [4.78, 5) is 34.5. The van der Waals surface area contributed by atoms with E-state index in [-0.39, 0.29) is 12.0 Å². The Balaban J connectivity index is 1.87. The molecule has 0 unspecified atom stereocenters. The van der Waals surface area contributed by atoms with Crippen LogP contribution in [0.2, 0.25) is 0 Å². The van der Waals surface area contributed by atoms with E-state index in [2.05, 4.69) is 4.99 Å². The van der Waals surface area contributed by atoms with Gasteiger partial charge in [0.05, 0.1) is 6.54 Å². The van der Waals surface area contributed by atoms with Crippen molar-refractivity contribution in [3.8, 4) is 0 Å². The molecule has 0 saturated carbocycles. The molecule has 8 heteroatoms. The van der Waals surface area contributed by atoms with E-state index >= 15 is 0 Å². The second kappa shape index (κ2) is 10.3. The molecular formula is C22H35N5O3. The van der Waals surface area contributed by atoms with Gasteiger partial charge in [-0.15, -0.1) is 0 Å². The lowest BCUT2D eigenvalue weighted by atomic mass is 10.1. The van der Waals surface area contributed by atoms with Crippen molar-refractivity contribution in [1.29, 1.82) is 0 Å². The highest BCUT2D eigenvalue weighted by Gasteiger charge is 2.26. The van der Waals surface area contributed by atoms with E-state index in [1.807, 2.05) is 63.8 Å². The minimum Gasteiger partial charge on any atom is -0.444 e. The Morgan fingerprint density at radius 1 is 1.03 bits per heavy atom. The number of nitrogens with zero attached hydrogens (tertiary/aromatic N) is 4. The Bertz CT molecular complexity index is 743. The zero-order valence-corrected chi connectivity index (χ0v) is 18.9. The Kier molecular flexibility index (Phi) is 8.08. The van der Waals surface area contributed by atoms with Crippen molar-refractivity contribution < 1.29 is 14.3 Å². The Labute approximate surface area is 179 Å². The van der Waals surface area contributed by atoms with Crippen molar-refractivity contribution in [2.75, 3.05) is 39.3 Å². The van der Waals surface area contributed by atoms with Crippen LogP contribution in [0.3, 0.4) is 0 Å². The Morgan fingerprint density at radius 3 is 2.07 bits per heavy atom. The van der Waals surface area contributed by atoms with E-state index in [1.54, 1.807) is 9.80 Å². The molecule has 2 amide bonds. The highest BCUT2D eigenvalue weighted by Crippen LogP contribution is 2.12. The second-order valence-electron chi connectivity index (χ2n) is 8.30. The van der Waals surface area contributed by atoms with Gasteiger partial charge in [0, 0.05) is 44.8 Å². The van der Waals surface area contributed by atoms with Crippen LogP contribution in [-0.4, -0.2) is 77.5 Å². The van der Waals surface area contributed by atoms with E-state index in [1.165, 1.54) is 0 Å². The molecular weight excluding hydrogens is 382 g/mol. The predicted octanol–water partition coefficient (Wildman–Crippen LogP) is 2.54. The van der Waals surface area contributed by atoms with Crippen molar-refractivity contribution in [2.24, 2.45) is 10.7 Å². The number of guanidine groups is 1. The van der Waals surface area contributed by atoms with Crippen LogP contribution in [-0.2, 0) is 11.3 Å². The standard InChI is InChI=1S/C22H35N5O3/c1-6-25(7-2)19(28)18-10-8-17(9-11-18)16-24-20(23)26-12-14-27(15-13-26)21(29)30-22(3,4)5/h8-11H,6-7,12-16H2,1-5H3,(H2,23,24). The number of carbonyl (C=O) groups is 2. The van der Waals surface area contributed by atoms with Crippen molar-refractivity contribution >= 4 is 18.0 Å². The maximum atomic E-state index is 12.4. The number of benzene rings is 1. The average molecular weight is 418 g/mol. The Morgan fingerprint density at radius 2 is 1.57 bits per heavy atom. The van der Waals surface area contributed by atoms with Gasteiger partial charge in [-0.3, -0.25) is 4.79 Å². The lowest BCUT2D eigenvalue weighted by Gasteiger charge is -2.36. The summed E-state index contributed by atoms with van der Waals surface area (Å²) in [6.07, 6.45) is -0.294. The lowest BCUT2D eigenvalue weighted by Crippen LogP contribution is -2.53. The molecule has 2 N–H and O–H groups in total. The number of carbonyl (C=O) groups excluding carboxylic acids is 2. The van der Waals surface area contributed by atoms with Crippen LogP contribution in [0.5, 0.6) is 0 Å². The summed E-state index contributed by atoms with van der Waals surface area (Å²) in [6.45, 7) is 13.7. The zero-order valence-electron chi connectivity index (χ0n) is 18.9. The molecule has 1 fully saturated rings. The molecule has 1 aromatic carbocycles. The third-order valence-corrected chi connectivity index (χ3v) is 4.93. The number of aliphatic imine (C=N–C) groups is 1. The summed E-state index contributed by atoms with van der Waals surface area (Å²) in [6, 6.07) is 7.49. The predicted molar refractivity (Wildman–Crippen MR) is 118 cm³/mol. The van der Waals surface area contributed by atoms with Gasteiger partial charge in [0.25, 0.3) is 5.91 Å². The van der Waals surface area contributed by atoms with Crippen LogP contribution >= 0.6 is 0 Å². The van der Waals surface area contributed by atoms with Gasteiger partial charge in [-0.05, 0) is 52.3 Å². The quantitative estimate of drug-likeness (QED) is 0.587. The smallest absolute Gasteiger partial charge is 0.410 e. The number of hydrogen-bond acceptors (Lipinski definition) is 4. The zero-order chi connectivity index (χ0) is 22.3. The number of rotatable bonds is 5. The summed E-state index contributed by atoms with van der Waals surface area (Å²) in [7, 11) is 0. The fourth-order valence-electron chi connectivity index (χ4n) is 3.16. The fourth-order valence-corrected chi connectivity index (χ4v) is 3.16. The monoisotopic (exact) mass is 417 g/mol. The number of amides is 2. The number of ether oxygens (including phenoxy) is 1. The second-order valence-corrected chi connectivity index (χ2v) is 8.30. The van der Waals surface area contributed by atoms with Crippen molar-refractivity contribution in [2.45, 2.75) is 46.8 Å². The molecule has 1 aliphatic rings. The number of nitrogens with two attached hydrogens (primary N) is 1. The Hall–Kier alpha value is -2.77. The van der Waals surface area contributed by atoms with E-state index in [9.17, 15) is 9.59 Å². The fraction of sp³-hybridized carbons (Fsp3) is 0.591. The maximum absolute atomic E-state index is 12.4. The number of hydrogen-bond donors (Lipinski definition) is 1. The minimum atomic E-state index is -0.500. The van der Waals surface area contributed by atoms with E-state index < -0.39 is 5.60 Å². The largest absolute Gasteiger partial charge is 0.444 e. The van der Waals surface area contributed by atoms with Crippen LogP contribution in [0, 0.1) is 0 Å². The van der Waals surface area contributed by atoms with Crippen molar-refractivity contribution in [3.05, 3.63) is 35.4 Å². The topological polar surface area (TPSA) is 91.5 Å². The molecule has 0 radical (unpaired) electrons. The first-order valence-corrected chi connectivity index (χ1v) is 10.6. The molecule has 0 aromatic heterocycles. The van der Waals surface area contributed by atoms with Gasteiger partial charge in [-0.2, -0.15) is 0 Å². The molecule has 0 aliphatic carbocycles. The highest BCUT2D eigenvalue weighted by atomic mass is 16.6. The molecule has 0 atom stereocenters. The molecule has 2 rings (SSSR count). The van der Waals surface area contributed by atoms with Gasteiger partial charge in [0.2, 0.25) is 0 Å². The van der Waals surface area contributed by atoms with E-state index in [0.29, 0.717) is 57.3 Å². The molecule has 1 saturated heterocycles. The molecule has 1 aromatic rings. The first-order valence-electron chi connectivity index (χ1n) is 10.6. The van der Waals surface area contributed by atoms with Gasteiger partial charge in [0.15, 0.2) is 5.96 Å². The molecule has 166 valence electrons. The molecule has 0 bridgehead atoms. The van der Waals surface area contributed by atoms with Crippen LogP contribution in [0.25, 0.3) is 0 Å². The minimum absolute atomic E-state index is 0.0393. The number of piperazine rings is 1. The van der Waals surface area contributed by atoms with Gasteiger partial charge in [-0.25, -0.2) is 9.79 Å². The summed E-state index contributed by atoms with van der Waals surface area (Å²) < 4.78 is 5.41. The third kappa shape index (κ3) is 6.64. The first-order chi connectivity index (χ1) is 14.1. The third-order valence-electron chi connectivity index (χ3n) is 4.93. The van der Waals surface area contributed by atoms with Crippen LogP contribution in [0.4, 0.5) is 4.79 Å². The maximum Gasteiger partial charge on any atom is 0.410 e. The molecule has 0 spiro atoms. The molecule has 8 nitrogen and oxygen atoms in total. The van der Waals surface area contributed by atoms with Gasteiger partial charge in [0.1, 0.15) is 5.60 Å². The summed E-state index contributed by atoms with van der Waals surface area (Å²) >= 11 is 0. The summed E-state index contributed by atoms with van der Waals surface area (Å²) in [5.74, 6) is 0.500. The van der Waals surface area contributed by atoms with E-state index in [0.717, 1.165) is 5.56 Å². The van der Waals surface area contributed by atoms with Gasteiger partial charge < -0.3 is 25.2 Å². The van der Waals surface area contributed by atoms with Crippen LogP contribution in [0.15, 0.2) is 29.3 Å². The van der Waals surface area contributed by atoms with Gasteiger partial charge >= 0.3 is 6.09 Å². The normalized spacial score (nSPS) is 15.2. The molecule has 1 aliphatic heterocycles. The van der Waals surface area contributed by atoms with Crippen LogP contribution < -0.4 is 5.73 Å². The van der Waals surface area contributed by atoms with Crippen molar-refractivity contribution in [3.63, 3.8) is 0 Å². The summed E-state index contributed by atoms with van der Waals surface area (Å²) in [5, 5.41) is 0. The molecule has 30 heavy (non-hydrogen) atoms. The summed E-state index contributed by atoms with van der Waals surface area (Å²) in [5.41, 5.74) is 7.32. The average Bonchev–Trinajstić information content (AvgIpc) is 2.72. The lowest BCUT2D eigenvalue weighted by molar-refractivity contribution is 0.0186. The first kappa shape index (κ1) is 23.5.